The SMILES string of the molecule is CCC(C)(Cc1ccsc1)C(=O)O. The van der Waals surface area contributed by atoms with Crippen LogP contribution in [0.3, 0.4) is 0 Å². The molecule has 13 heavy (non-hydrogen) atoms. The van der Waals surface area contributed by atoms with Crippen LogP contribution in [0.2, 0.25) is 0 Å². The van der Waals surface area contributed by atoms with Gasteiger partial charge in [-0.3, -0.25) is 4.79 Å². The third-order valence-electron chi connectivity index (χ3n) is 2.47. The lowest BCUT2D eigenvalue weighted by Crippen LogP contribution is -2.28. The second-order valence-electron chi connectivity index (χ2n) is 3.53. The van der Waals surface area contributed by atoms with Gasteiger partial charge in [-0.25, -0.2) is 0 Å². The molecule has 1 aromatic heterocycles. The summed E-state index contributed by atoms with van der Waals surface area (Å²) in [6, 6.07) is 1.99. The summed E-state index contributed by atoms with van der Waals surface area (Å²) in [7, 11) is 0. The molecule has 3 heteroatoms. The summed E-state index contributed by atoms with van der Waals surface area (Å²) in [4.78, 5) is 11.0. The van der Waals surface area contributed by atoms with E-state index in [1.54, 1.807) is 18.3 Å². The molecule has 0 radical (unpaired) electrons. The molecule has 0 aliphatic heterocycles. The Labute approximate surface area is 82.2 Å². The number of carboxylic acids is 1. The fourth-order valence-electron chi connectivity index (χ4n) is 1.20. The van der Waals surface area contributed by atoms with Gasteiger partial charge >= 0.3 is 5.97 Å². The maximum atomic E-state index is 11.0. The summed E-state index contributed by atoms with van der Waals surface area (Å²) in [5.74, 6) is -0.707. The number of hydrogen-bond acceptors (Lipinski definition) is 2. The monoisotopic (exact) mass is 198 g/mol. The average molecular weight is 198 g/mol. The highest BCUT2D eigenvalue weighted by Gasteiger charge is 2.31. The summed E-state index contributed by atoms with van der Waals surface area (Å²) in [6.07, 6.45) is 1.29. The molecular formula is C10H14O2S. The van der Waals surface area contributed by atoms with E-state index in [0.717, 1.165) is 5.56 Å². The van der Waals surface area contributed by atoms with Crippen LogP contribution in [0.4, 0.5) is 0 Å². The van der Waals surface area contributed by atoms with Gasteiger partial charge in [-0.2, -0.15) is 11.3 Å². The lowest BCUT2D eigenvalue weighted by Gasteiger charge is -2.22. The van der Waals surface area contributed by atoms with Gasteiger partial charge in [0.05, 0.1) is 5.41 Å². The topological polar surface area (TPSA) is 37.3 Å². The first-order chi connectivity index (χ1) is 6.08. The van der Waals surface area contributed by atoms with Gasteiger partial charge in [0.15, 0.2) is 0 Å². The van der Waals surface area contributed by atoms with Crippen molar-refractivity contribution in [2.24, 2.45) is 5.41 Å². The Morgan fingerprint density at radius 2 is 2.38 bits per heavy atom. The Morgan fingerprint density at radius 1 is 1.69 bits per heavy atom. The first kappa shape index (κ1) is 10.3. The molecule has 0 aliphatic rings. The molecule has 1 atom stereocenters. The van der Waals surface area contributed by atoms with Gasteiger partial charge in [0, 0.05) is 0 Å². The van der Waals surface area contributed by atoms with Crippen LogP contribution in [0, 0.1) is 5.41 Å². The van der Waals surface area contributed by atoms with Gasteiger partial charge in [0.25, 0.3) is 0 Å². The van der Waals surface area contributed by atoms with E-state index in [-0.39, 0.29) is 0 Å². The highest BCUT2D eigenvalue weighted by atomic mass is 32.1. The van der Waals surface area contributed by atoms with Crippen molar-refractivity contribution in [3.63, 3.8) is 0 Å². The lowest BCUT2D eigenvalue weighted by atomic mass is 9.82. The molecule has 0 bridgehead atoms. The van der Waals surface area contributed by atoms with E-state index in [2.05, 4.69) is 0 Å². The minimum atomic E-state index is -0.707. The quantitative estimate of drug-likeness (QED) is 0.807. The first-order valence-corrected chi connectivity index (χ1v) is 5.27. The minimum Gasteiger partial charge on any atom is -0.481 e. The summed E-state index contributed by atoms with van der Waals surface area (Å²) in [5, 5.41) is 13.0. The number of thiophene rings is 1. The van der Waals surface area contributed by atoms with Crippen molar-refractivity contribution in [3.05, 3.63) is 22.4 Å². The highest BCUT2D eigenvalue weighted by Crippen LogP contribution is 2.27. The summed E-state index contributed by atoms with van der Waals surface area (Å²) in [6.45, 7) is 3.72. The van der Waals surface area contributed by atoms with Gasteiger partial charge in [-0.05, 0) is 42.2 Å². The molecule has 0 amide bonds. The van der Waals surface area contributed by atoms with Gasteiger partial charge < -0.3 is 5.11 Å². The molecule has 0 aliphatic carbocycles. The molecule has 0 saturated carbocycles. The van der Waals surface area contributed by atoms with Crippen LogP contribution in [0.15, 0.2) is 16.8 Å². The maximum absolute atomic E-state index is 11.0. The Morgan fingerprint density at radius 3 is 2.77 bits per heavy atom. The molecule has 1 heterocycles. The van der Waals surface area contributed by atoms with Crippen LogP contribution < -0.4 is 0 Å². The molecule has 0 aromatic carbocycles. The van der Waals surface area contributed by atoms with Crippen molar-refractivity contribution in [1.82, 2.24) is 0 Å². The molecule has 1 unspecified atom stereocenters. The molecule has 0 spiro atoms. The van der Waals surface area contributed by atoms with Crippen molar-refractivity contribution in [2.45, 2.75) is 26.7 Å². The average Bonchev–Trinajstić information content (AvgIpc) is 2.56. The number of aliphatic carboxylic acids is 1. The fourth-order valence-corrected chi connectivity index (χ4v) is 1.86. The standard InChI is InChI=1S/C10H14O2S/c1-3-10(2,9(11)12)6-8-4-5-13-7-8/h4-5,7H,3,6H2,1-2H3,(H,11,12). The first-order valence-electron chi connectivity index (χ1n) is 4.33. The molecule has 72 valence electrons. The second kappa shape index (κ2) is 3.92. The maximum Gasteiger partial charge on any atom is 0.309 e. The summed E-state index contributed by atoms with van der Waals surface area (Å²) in [5.41, 5.74) is 0.512. The van der Waals surface area contributed by atoms with Crippen molar-refractivity contribution in [2.75, 3.05) is 0 Å². The van der Waals surface area contributed by atoms with E-state index in [1.807, 2.05) is 23.8 Å². The third-order valence-corrected chi connectivity index (χ3v) is 3.20. The van der Waals surface area contributed by atoms with E-state index in [1.165, 1.54) is 0 Å². The molecule has 0 saturated heterocycles. The van der Waals surface area contributed by atoms with Crippen LogP contribution in [-0.4, -0.2) is 11.1 Å². The van der Waals surface area contributed by atoms with Gasteiger partial charge in [-0.15, -0.1) is 0 Å². The molecule has 1 N–H and O–H groups in total. The number of carbonyl (C=O) groups is 1. The molecule has 2 nitrogen and oxygen atoms in total. The van der Waals surface area contributed by atoms with Gasteiger partial charge in [0.2, 0.25) is 0 Å². The van der Waals surface area contributed by atoms with E-state index in [4.69, 9.17) is 5.11 Å². The highest BCUT2D eigenvalue weighted by molar-refractivity contribution is 7.07. The second-order valence-corrected chi connectivity index (χ2v) is 4.31. The van der Waals surface area contributed by atoms with Crippen molar-refractivity contribution in [1.29, 1.82) is 0 Å². The van der Waals surface area contributed by atoms with Crippen LogP contribution in [0.1, 0.15) is 25.8 Å². The Bertz CT molecular complexity index is 279. The number of carboxylic acid groups (broad SMARTS) is 1. The van der Waals surface area contributed by atoms with Crippen LogP contribution in [-0.2, 0) is 11.2 Å². The Kier molecular flexibility index (Phi) is 3.09. The van der Waals surface area contributed by atoms with Crippen molar-refractivity contribution in [3.8, 4) is 0 Å². The molecular weight excluding hydrogens is 184 g/mol. The largest absolute Gasteiger partial charge is 0.481 e. The predicted octanol–water partition coefficient (Wildman–Crippen LogP) is 2.79. The Balaban J connectivity index is 2.75. The van der Waals surface area contributed by atoms with Gasteiger partial charge in [0.1, 0.15) is 0 Å². The molecule has 1 rings (SSSR count). The van der Waals surface area contributed by atoms with Crippen molar-refractivity contribution < 1.29 is 9.90 Å². The summed E-state index contributed by atoms with van der Waals surface area (Å²) >= 11 is 1.61. The lowest BCUT2D eigenvalue weighted by molar-refractivity contribution is -0.148. The molecule has 1 aromatic rings. The molecule has 0 fully saturated rings. The normalized spacial score (nSPS) is 15.2. The smallest absolute Gasteiger partial charge is 0.309 e. The van der Waals surface area contributed by atoms with Gasteiger partial charge in [-0.1, -0.05) is 6.92 Å². The van der Waals surface area contributed by atoms with Crippen LogP contribution in [0.5, 0.6) is 0 Å². The van der Waals surface area contributed by atoms with Crippen molar-refractivity contribution >= 4 is 17.3 Å². The van der Waals surface area contributed by atoms with E-state index < -0.39 is 11.4 Å². The number of hydrogen-bond donors (Lipinski definition) is 1. The zero-order valence-electron chi connectivity index (χ0n) is 7.91. The number of rotatable bonds is 4. The zero-order valence-corrected chi connectivity index (χ0v) is 8.73. The predicted molar refractivity (Wildman–Crippen MR) is 54.1 cm³/mol. The summed E-state index contributed by atoms with van der Waals surface area (Å²) < 4.78 is 0. The fraction of sp³-hybridized carbons (Fsp3) is 0.500. The minimum absolute atomic E-state index is 0.610. The van der Waals surface area contributed by atoms with E-state index in [0.29, 0.717) is 12.8 Å². The zero-order chi connectivity index (χ0) is 9.90. The van der Waals surface area contributed by atoms with E-state index >= 15 is 0 Å². The Hall–Kier alpha value is -0.830. The van der Waals surface area contributed by atoms with Crippen LogP contribution >= 0.6 is 11.3 Å². The third kappa shape index (κ3) is 2.31. The van der Waals surface area contributed by atoms with E-state index in [9.17, 15) is 4.79 Å². The van der Waals surface area contributed by atoms with Crippen LogP contribution in [0.25, 0.3) is 0 Å².